The van der Waals surface area contributed by atoms with Crippen molar-refractivity contribution in [1.29, 1.82) is 0 Å². The van der Waals surface area contributed by atoms with Gasteiger partial charge in [0.15, 0.2) is 6.61 Å². The molecule has 27 heavy (non-hydrogen) atoms. The summed E-state index contributed by atoms with van der Waals surface area (Å²) in [5, 5.41) is 4.92. The molecule has 2 aromatic rings. The van der Waals surface area contributed by atoms with Gasteiger partial charge in [-0.05, 0) is 41.8 Å². The number of hydrogen-bond acceptors (Lipinski definition) is 4. The summed E-state index contributed by atoms with van der Waals surface area (Å²) in [5.41, 5.74) is 1.83. The van der Waals surface area contributed by atoms with Crippen LogP contribution >= 0.6 is 0 Å². The topological polar surface area (TPSA) is 84.5 Å². The number of ether oxygens (including phenoxy) is 1. The average Bonchev–Trinajstić information content (AvgIpc) is 2.64. The smallest absolute Gasteiger partial charge is 0.325 e. The third kappa shape index (κ3) is 6.54. The van der Waals surface area contributed by atoms with Crippen LogP contribution in [0.15, 0.2) is 48.5 Å². The van der Waals surface area contributed by atoms with Crippen molar-refractivity contribution in [3.05, 3.63) is 65.5 Å². The zero-order valence-electron chi connectivity index (χ0n) is 15.1. The highest BCUT2D eigenvalue weighted by molar-refractivity contribution is 5.96. The summed E-state index contributed by atoms with van der Waals surface area (Å²) in [5.74, 6) is -2.04. The molecule has 0 aromatic heterocycles. The molecule has 2 aromatic carbocycles. The van der Waals surface area contributed by atoms with E-state index in [1.807, 2.05) is 12.1 Å². The lowest BCUT2D eigenvalue weighted by Crippen LogP contribution is -2.32. The van der Waals surface area contributed by atoms with Crippen LogP contribution in [0.1, 0.15) is 35.7 Å². The van der Waals surface area contributed by atoms with Gasteiger partial charge >= 0.3 is 5.97 Å². The van der Waals surface area contributed by atoms with E-state index in [4.69, 9.17) is 4.74 Å². The Labute approximate surface area is 156 Å². The number of nitrogens with one attached hydrogen (secondary N) is 2. The van der Waals surface area contributed by atoms with Crippen molar-refractivity contribution in [2.75, 3.05) is 18.5 Å². The summed E-state index contributed by atoms with van der Waals surface area (Å²) in [6.45, 7) is 3.24. The Morgan fingerprint density at radius 3 is 2.41 bits per heavy atom. The molecular formula is C20H21FN2O4. The van der Waals surface area contributed by atoms with Crippen LogP contribution < -0.4 is 10.6 Å². The molecule has 0 bridgehead atoms. The zero-order chi connectivity index (χ0) is 19.8. The largest absolute Gasteiger partial charge is 0.454 e. The Bertz CT molecular complexity index is 819. The minimum absolute atomic E-state index is 0.0883. The molecule has 0 saturated carbocycles. The second kappa shape index (κ2) is 9.47. The fourth-order valence-electron chi connectivity index (χ4n) is 2.23. The Hall–Kier alpha value is -3.22. The molecule has 0 spiro atoms. The Balaban J connectivity index is 1.73. The molecule has 6 nitrogen and oxygen atoms in total. The number of amides is 2. The van der Waals surface area contributed by atoms with Gasteiger partial charge in [-0.2, -0.15) is 0 Å². The molecule has 0 aliphatic rings. The summed E-state index contributed by atoms with van der Waals surface area (Å²) >= 11 is 0. The van der Waals surface area contributed by atoms with Gasteiger partial charge in [0.1, 0.15) is 12.4 Å². The maximum Gasteiger partial charge on any atom is 0.325 e. The minimum Gasteiger partial charge on any atom is -0.454 e. The van der Waals surface area contributed by atoms with Gasteiger partial charge in [-0.15, -0.1) is 0 Å². The zero-order valence-corrected chi connectivity index (χ0v) is 15.1. The lowest BCUT2D eigenvalue weighted by Gasteiger charge is -2.09. The SMILES string of the molecule is CC(C)c1ccc(NC(=O)COC(=O)CNC(=O)c2cccc(F)c2)cc1. The second-order valence-corrected chi connectivity index (χ2v) is 6.18. The van der Waals surface area contributed by atoms with E-state index in [9.17, 15) is 18.8 Å². The van der Waals surface area contributed by atoms with Crippen LogP contribution in [0.25, 0.3) is 0 Å². The van der Waals surface area contributed by atoms with E-state index in [-0.39, 0.29) is 5.56 Å². The van der Waals surface area contributed by atoms with Crippen LogP contribution in [0.5, 0.6) is 0 Å². The number of anilines is 1. The van der Waals surface area contributed by atoms with E-state index >= 15 is 0 Å². The Kier molecular flexibility index (Phi) is 7.05. The van der Waals surface area contributed by atoms with Gasteiger partial charge in [-0.3, -0.25) is 14.4 Å². The molecule has 0 aliphatic carbocycles. The second-order valence-electron chi connectivity index (χ2n) is 6.18. The van der Waals surface area contributed by atoms with E-state index < -0.39 is 36.8 Å². The molecule has 142 valence electrons. The van der Waals surface area contributed by atoms with Crippen LogP contribution in [0.2, 0.25) is 0 Å². The number of halogens is 1. The molecule has 2 amide bonds. The molecule has 2 rings (SSSR count). The Morgan fingerprint density at radius 2 is 1.78 bits per heavy atom. The quantitative estimate of drug-likeness (QED) is 0.732. The van der Waals surface area contributed by atoms with E-state index in [2.05, 4.69) is 24.5 Å². The molecule has 0 heterocycles. The van der Waals surface area contributed by atoms with Crippen molar-refractivity contribution in [3.8, 4) is 0 Å². The van der Waals surface area contributed by atoms with Gasteiger partial charge in [0.2, 0.25) is 0 Å². The first-order valence-corrected chi connectivity index (χ1v) is 8.44. The Morgan fingerprint density at radius 1 is 1.07 bits per heavy atom. The summed E-state index contributed by atoms with van der Waals surface area (Å²) < 4.78 is 17.9. The van der Waals surface area contributed by atoms with Crippen LogP contribution in [-0.4, -0.2) is 30.9 Å². The lowest BCUT2D eigenvalue weighted by atomic mass is 10.0. The summed E-state index contributed by atoms with van der Waals surface area (Å²) in [7, 11) is 0. The predicted molar refractivity (Wildman–Crippen MR) is 98.9 cm³/mol. The van der Waals surface area contributed by atoms with Gasteiger partial charge in [0, 0.05) is 11.3 Å². The number of carbonyl (C=O) groups is 3. The van der Waals surface area contributed by atoms with Crippen LogP contribution in [0.3, 0.4) is 0 Å². The molecule has 2 N–H and O–H groups in total. The van der Waals surface area contributed by atoms with Crippen molar-refractivity contribution in [1.82, 2.24) is 5.32 Å². The fraction of sp³-hybridized carbons (Fsp3) is 0.250. The van der Waals surface area contributed by atoms with E-state index in [0.717, 1.165) is 11.6 Å². The van der Waals surface area contributed by atoms with Crippen molar-refractivity contribution < 1.29 is 23.5 Å². The van der Waals surface area contributed by atoms with Crippen molar-refractivity contribution in [2.24, 2.45) is 0 Å². The number of carbonyl (C=O) groups excluding carboxylic acids is 3. The monoisotopic (exact) mass is 372 g/mol. The highest BCUT2D eigenvalue weighted by Gasteiger charge is 2.11. The normalized spacial score (nSPS) is 10.4. The molecular weight excluding hydrogens is 351 g/mol. The van der Waals surface area contributed by atoms with Crippen LogP contribution in [-0.2, 0) is 14.3 Å². The predicted octanol–water partition coefficient (Wildman–Crippen LogP) is 2.86. The standard InChI is InChI=1S/C20H21FN2O4/c1-13(2)14-6-8-17(9-7-14)23-18(24)12-27-19(25)11-22-20(26)15-4-3-5-16(21)10-15/h3-10,13H,11-12H2,1-2H3,(H,22,26)(H,23,24). The molecule has 0 fully saturated rings. The van der Waals surface area contributed by atoms with Crippen LogP contribution in [0.4, 0.5) is 10.1 Å². The van der Waals surface area contributed by atoms with Crippen molar-refractivity contribution >= 4 is 23.5 Å². The summed E-state index contributed by atoms with van der Waals surface area (Å²) in [6, 6.07) is 12.4. The van der Waals surface area contributed by atoms with E-state index in [1.165, 1.54) is 18.2 Å². The number of benzene rings is 2. The molecule has 0 atom stereocenters. The van der Waals surface area contributed by atoms with Crippen LogP contribution in [0, 0.1) is 5.82 Å². The minimum atomic E-state index is -0.773. The number of esters is 1. The lowest BCUT2D eigenvalue weighted by molar-refractivity contribution is -0.146. The highest BCUT2D eigenvalue weighted by Crippen LogP contribution is 2.17. The first kappa shape index (κ1) is 20.1. The summed E-state index contributed by atoms with van der Waals surface area (Å²) in [4.78, 5) is 35.2. The van der Waals surface area contributed by atoms with Gasteiger partial charge in [0.25, 0.3) is 11.8 Å². The van der Waals surface area contributed by atoms with Gasteiger partial charge in [-0.25, -0.2) is 4.39 Å². The molecule has 0 saturated heterocycles. The third-order valence-electron chi connectivity index (χ3n) is 3.71. The molecule has 7 heteroatoms. The first-order chi connectivity index (χ1) is 12.8. The maximum atomic E-state index is 13.1. The maximum absolute atomic E-state index is 13.1. The fourth-order valence-corrected chi connectivity index (χ4v) is 2.23. The number of hydrogen-bond donors (Lipinski definition) is 2. The third-order valence-corrected chi connectivity index (χ3v) is 3.71. The molecule has 0 unspecified atom stereocenters. The first-order valence-electron chi connectivity index (χ1n) is 8.44. The van der Waals surface area contributed by atoms with E-state index in [0.29, 0.717) is 11.6 Å². The molecule has 0 aliphatic heterocycles. The van der Waals surface area contributed by atoms with Gasteiger partial charge in [-0.1, -0.05) is 32.0 Å². The van der Waals surface area contributed by atoms with Crippen molar-refractivity contribution in [2.45, 2.75) is 19.8 Å². The van der Waals surface area contributed by atoms with Gasteiger partial charge < -0.3 is 15.4 Å². The van der Waals surface area contributed by atoms with Crippen molar-refractivity contribution in [3.63, 3.8) is 0 Å². The molecule has 0 radical (unpaired) electrons. The average molecular weight is 372 g/mol. The van der Waals surface area contributed by atoms with E-state index in [1.54, 1.807) is 12.1 Å². The summed E-state index contributed by atoms with van der Waals surface area (Å²) in [6.07, 6.45) is 0. The highest BCUT2D eigenvalue weighted by atomic mass is 19.1. The van der Waals surface area contributed by atoms with Gasteiger partial charge in [0.05, 0.1) is 0 Å². The number of rotatable bonds is 7.